The third-order valence-electron chi connectivity index (χ3n) is 2.90. The molecule has 0 aromatic carbocycles. The lowest BCUT2D eigenvalue weighted by Crippen LogP contribution is -2.36. The number of carboxylic acids is 1. The Bertz CT molecular complexity index is 627. The highest BCUT2D eigenvalue weighted by Crippen LogP contribution is 2.00. The standard InChI is InChI=1S/C13H15N3O4/c1-9-4-5-10(13(19)20)12(18)16(9)8-11(17)15(2)7-3-6-14/h4-5H,3,7-8H2,1-2H3,(H,19,20). The van der Waals surface area contributed by atoms with Gasteiger partial charge in [0.25, 0.3) is 5.56 Å². The van der Waals surface area contributed by atoms with E-state index in [0.29, 0.717) is 5.69 Å². The maximum atomic E-state index is 12.0. The van der Waals surface area contributed by atoms with E-state index in [1.54, 1.807) is 6.92 Å². The number of likely N-dealkylation sites (N-methyl/N-ethyl adjacent to an activating group) is 1. The van der Waals surface area contributed by atoms with Crippen molar-refractivity contribution in [2.75, 3.05) is 13.6 Å². The molecule has 0 aliphatic carbocycles. The molecule has 0 atom stereocenters. The van der Waals surface area contributed by atoms with Crippen LogP contribution in [0.3, 0.4) is 0 Å². The maximum absolute atomic E-state index is 12.0. The zero-order valence-corrected chi connectivity index (χ0v) is 11.3. The third-order valence-corrected chi connectivity index (χ3v) is 2.90. The minimum Gasteiger partial charge on any atom is -0.477 e. The van der Waals surface area contributed by atoms with E-state index in [-0.39, 0.29) is 31.0 Å². The zero-order chi connectivity index (χ0) is 15.3. The number of carbonyl (C=O) groups excluding carboxylic acids is 1. The van der Waals surface area contributed by atoms with Gasteiger partial charge in [0.1, 0.15) is 12.1 Å². The third kappa shape index (κ3) is 3.45. The highest BCUT2D eigenvalue weighted by Gasteiger charge is 2.16. The van der Waals surface area contributed by atoms with Crippen LogP contribution < -0.4 is 5.56 Å². The molecule has 0 fully saturated rings. The number of aromatic carboxylic acids is 1. The average Bonchev–Trinajstić information content (AvgIpc) is 2.39. The lowest BCUT2D eigenvalue weighted by atomic mass is 10.2. The molecule has 0 radical (unpaired) electrons. The van der Waals surface area contributed by atoms with Gasteiger partial charge in [0.15, 0.2) is 0 Å². The summed E-state index contributed by atoms with van der Waals surface area (Å²) in [6, 6.07) is 4.63. The second-order valence-electron chi connectivity index (χ2n) is 4.31. The fourth-order valence-electron chi connectivity index (χ4n) is 1.63. The van der Waals surface area contributed by atoms with Gasteiger partial charge in [0.05, 0.1) is 12.5 Å². The molecule has 20 heavy (non-hydrogen) atoms. The number of nitriles is 1. The van der Waals surface area contributed by atoms with Crippen molar-refractivity contribution in [1.29, 1.82) is 5.26 Å². The van der Waals surface area contributed by atoms with E-state index in [1.165, 1.54) is 24.1 Å². The van der Waals surface area contributed by atoms with Crippen molar-refractivity contribution in [3.63, 3.8) is 0 Å². The Morgan fingerprint density at radius 1 is 1.45 bits per heavy atom. The Labute approximate surface area is 115 Å². The molecule has 0 aliphatic rings. The van der Waals surface area contributed by atoms with Gasteiger partial charge >= 0.3 is 5.97 Å². The molecule has 1 aromatic rings. The summed E-state index contributed by atoms with van der Waals surface area (Å²) in [5, 5.41) is 17.4. The summed E-state index contributed by atoms with van der Waals surface area (Å²) in [6.45, 7) is 1.64. The summed E-state index contributed by atoms with van der Waals surface area (Å²) in [5.41, 5.74) is -0.579. The van der Waals surface area contributed by atoms with Crippen LogP contribution in [0.1, 0.15) is 22.5 Å². The normalized spacial score (nSPS) is 9.85. The molecule has 1 rings (SSSR count). The molecule has 1 amide bonds. The van der Waals surface area contributed by atoms with Crippen molar-refractivity contribution in [2.45, 2.75) is 19.9 Å². The highest BCUT2D eigenvalue weighted by molar-refractivity contribution is 5.87. The second-order valence-corrected chi connectivity index (χ2v) is 4.31. The van der Waals surface area contributed by atoms with Crippen LogP contribution in [0.15, 0.2) is 16.9 Å². The molecule has 0 aliphatic heterocycles. The SMILES string of the molecule is Cc1ccc(C(=O)O)c(=O)n1CC(=O)N(C)CCC#N. The fourth-order valence-corrected chi connectivity index (χ4v) is 1.63. The van der Waals surface area contributed by atoms with Gasteiger partial charge in [0.2, 0.25) is 5.91 Å². The molecule has 1 aromatic heterocycles. The Morgan fingerprint density at radius 2 is 2.10 bits per heavy atom. The quantitative estimate of drug-likeness (QED) is 0.829. The van der Waals surface area contributed by atoms with Crippen LogP contribution in [0.4, 0.5) is 0 Å². The van der Waals surface area contributed by atoms with Crippen molar-refractivity contribution in [2.24, 2.45) is 0 Å². The smallest absolute Gasteiger partial charge is 0.341 e. The maximum Gasteiger partial charge on any atom is 0.341 e. The van der Waals surface area contributed by atoms with Crippen molar-refractivity contribution in [1.82, 2.24) is 9.47 Å². The van der Waals surface area contributed by atoms with E-state index in [9.17, 15) is 14.4 Å². The number of carboxylic acid groups (broad SMARTS) is 1. The van der Waals surface area contributed by atoms with Crippen LogP contribution in [0.5, 0.6) is 0 Å². The molecule has 0 spiro atoms. The van der Waals surface area contributed by atoms with Crippen LogP contribution in [0.2, 0.25) is 0 Å². The van der Waals surface area contributed by atoms with Crippen molar-refractivity contribution >= 4 is 11.9 Å². The molecule has 1 heterocycles. The van der Waals surface area contributed by atoms with Gasteiger partial charge in [-0.05, 0) is 19.1 Å². The predicted octanol–water partition coefficient (Wildman–Crippen LogP) is 0.227. The van der Waals surface area contributed by atoms with Gasteiger partial charge in [-0.2, -0.15) is 5.26 Å². The molecule has 7 heteroatoms. The molecule has 7 nitrogen and oxygen atoms in total. The summed E-state index contributed by atoms with van der Waals surface area (Å²) in [4.78, 5) is 36.1. The van der Waals surface area contributed by atoms with Gasteiger partial charge in [-0.3, -0.25) is 9.59 Å². The van der Waals surface area contributed by atoms with Gasteiger partial charge in [-0.1, -0.05) is 0 Å². The molecule has 106 valence electrons. The number of hydrogen-bond donors (Lipinski definition) is 1. The lowest BCUT2D eigenvalue weighted by Gasteiger charge is -2.17. The number of rotatable bonds is 5. The topological polar surface area (TPSA) is 103 Å². The number of hydrogen-bond acceptors (Lipinski definition) is 4. The minimum atomic E-state index is -1.32. The summed E-state index contributed by atoms with van der Waals surface area (Å²) in [5.74, 6) is -1.68. The van der Waals surface area contributed by atoms with Crippen LogP contribution in [-0.4, -0.2) is 40.0 Å². The van der Waals surface area contributed by atoms with Crippen LogP contribution in [-0.2, 0) is 11.3 Å². The van der Waals surface area contributed by atoms with E-state index in [0.717, 1.165) is 4.57 Å². The number of amides is 1. The Hall–Kier alpha value is -2.62. The number of aryl methyl sites for hydroxylation is 1. The van der Waals surface area contributed by atoms with Crippen molar-refractivity contribution < 1.29 is 14.7 Å². The molecule has 0 unspecified atom stereocenters. The molecule has 0 bridgehead atoms. The molecular formula is C13H15N3O4. The predicted molar refractivity (Wildman–Crippen MR) is 70.3 cm³/mol. The van der Waals surface area contributed by atoms with Crippen LogP contribution in [0.25, 0.3) is 0 Å². The summed E-state index contributed by atoms with van der Waals surface area (Å²) in [6.07, 6.45) is 0.200. The first-order valence-electron chi connectivity index (χ1n) is 5.93. The Balaban J connectivity index is 3.01. The van der Waals surface area contributed by atoms with E-state index in [1.807, 2.05) is 6.07 Å². The summed E-state index contributed by atoms with van der Waals surface area (Å²) >= 11 is 0. The lowest BCUT2D eigenvalue weighted by molar-refractivity contribution is -0.130. The number of carbonyl (C=O) groups is 2. The van der Waals surface area contributed by atoms with Crippen molar-refractivity contribution in [3.05, 3.63) is 33.7 Å². The number of pyridine rings is 1. The van der Waals surface area contributed by atoms with Gasteiger partial charge in [-0.15, -0.1) is 0 Å². The zero-order valence-electron chi connectivity index (χ0n) is 11.3. The minimum absolute atomic E-state index is 0.200. The van der Waals surface area contributed by atoms with Crippen LogP contribution in [0, 0.1) is 18.3 Å². The van der Waals surface area contributed by atoms with Gasteiger partial charge in [-0.25, -0.2) is 4.79 Å². The van der Waals surface area contributed by atoms with E-state index in [2.05, 4.69) is 0 Å². The highest BCUT2D eigenvalue weighted by atomic mass is 16.4. The molecular weight excluding hydrogens is 262 g/mol. The molecule has 0 saturated heterocycles. The van der Waals surface area contributed by atoms with E-state index in [4.69, 9.17) is 10.4 Å². The van der Waals surface area contributed by atoms with Crippen molar-refractivity contribution in [3.8, 4) is 6.07 Å². The molecule has 0 saturated carbocycles. The number of aromatic nitrogens is 1. The monoisotopic (exact) mass is 277 g/mol. The Kier molecular flexibility index (Phi) is 5.03. The average molecular weight is 277 g/mol. The van der Waals surface area contributed by atoms with E-state index >= 15 is 0 Å². The largest absolute Gasteiger partial charge is 0.477 e. The fraction of sp³-hybridized carbons (Fsp3) is 0.385. The van der Waals surface area contributed by atoms with Gasteiger partial charge < -0.3 is 14.6 Å². The first kappa shape index (κ1) is 15.4. The number of nitrogens with zero attached hydrogens (tertiary/aromatic N) is 3. The molecule has 1 N–H and O–H groups in total. The first-order valence-corrected chi connectivity index (χ1v) is 5.93. The first-order chi connectivity index (χ1) is 9.38. The second kappa shape index (κ2) is 6.52. The van der Waals surface area contributed by atoms with Crippen LogP contribution >= 0.6 is 0 Å². The summed E-state index contributed by atoms with van der Waals surface area (Å²) in [7, 11) is 1.53. The van der Waals surface area contributed by atoms with E-state index < -0.39 is 11.5 Å². The van der Waals surface area contributed by atoms with Gasteiger partial charge in [0, 0.05) is 19.3 Å². The summed E-state index contributed by atoms with van der Waals surface area (Å²) < 4.78 is 1.12. The Morgan fingerprint density at radius 3 is 2.65 bits per heavy atom.